The van der Waals surface area contributed by atoms with E-state index >= 15 is 0 Å². The van der Waals surface area contributed by atoms with Crippen LogP contribution in [0.2, 0.25) is 0 Å². The average Bonchev–Trinajstić information content (AvgIpc) is 2.34. The van der Waals surface area contributed by atoms with Gasteiger partial charge in [-0.2, -0.15) is 0 Å². The molecule has 0 aromatic heterocycles. The molecule has 94 valence electrons. The van der Waals surface area contributed by atoms with Gasteiger partial charge in [-0.25, -0.2) is 0 Å². The van der Waals surface area contributed by atoms with Crippen molar-refractivity contribution >= 4 is 0 Å². The van der Waals surface area contributed by atoms with Crippen LogP contribution in [0.15, 0.2) is 43.0 Å². The molecule has 0 aliphatic carbocycles. The number of rotatable bonds is 8. The molecule has 0 heterocycles. The Kier molecular flexibility index (Phi) is 6.60. The first kappa shape index (κ1) is 13.9. The lowest BCUT2D eigenvalue weighted by Crippen LogP contribution is -2.25. The molecule has 1 rings (SSSR count). The van der Waals surface area contributed by atoms with Crippen molar-refractivity contribution in [2.75, 3.05) is 13.2 Å². The van der Waals surface area contributed by atoms with Crippen LogP contribution in [-0.2, 0) is 16.1 Å². The summed E-state index contributed by atoms with van der Waals surface area (Å²) in [5.74, 6) is 0.448. The highest BCUT2D eigenvalue weighted by Gasteiger charge is 2.13. The second-order valence-corrected chi connectivity index (χ2v) is 4.41. The van der Waals surface area contributed by atoms with E-state index in [2.05, 4.69) is 32.6 Å². The van der Waals surface area contributed by atoms with Crippen LogP contribution < -0.4 is 0 Å². The van der Waals surface area contributed by atoms with E-state index in [9.17, 15) is 0 Å². The van der Waals surface area contributed by atoms with Crippen molar-refractivity contribution in [3.8, 4) is 0 Å². The van der Waals surface area contributed by atoms with E-state index in [1.54, 1.807) is 6.08 Å². The van der Waals surface area contributed by atoms with E-state index in [1.165, 1.54) is 5.56 Å². The maximum Gasteiger partial charge on any atom is 0.0836 e. The zero-order valence-electron chi connectivity index (χ0n) is 10.8. The Hall–Kier alpha value is -1.12. The molecule has 17 heavy (non-hydrogen) atoms. The lowest BCUT2D eigenvalue weighted by atomic mass is 10.1. The van der Waals surface area contributed by atoms with Gasteiger partial charge < -0.3 is 9.47 Å². The van der Waals surface area contributed by atoms with Crippen LogP contribution in [0.3, 0.4) is 0 Å². The number of benzene rings is 1. The predicted molar refractivity (Wildman–Crippen MR) is 70.9 cm³/mol. The van der Waals surface area contributed by atoms with E-state index < -0.39 is 0 Å². The number of hydrogen-bond donors (Lipinski definition) is 0. The Morgan fingerprint density at radius 1 is 1.24 bits per heavy atom. The molecule has 0 unspecified atom stereocenters. The van der Waals surface area contributed by atoms with Crippen molar-refractivity contribution in [3.05, 3.63) is 48.6 Å². The molecule has 0 amide bonds. The average molecular weight is 234 g/mol. The van der Waals surface area contributed by atoms with Crippen molar-refractivity contribution in [1.82, 2.24) is 0 Å². The Balaban J connectivity index is 2.36. The van der Waals surface area contributed by atoms with Crippen LogP contribution in [0.1, 0.15) is 19.4 Å². The highest BCUT2D eigenvalue weighted by Crippen LogP contribution is 2.11. The maximum atomic E-state index is 5.88. The third-order valence-corrected chi connectivity index (χ3v) is 2.57. The molecule has 1 aromatic carbocycles. The van der Waals surface area contributed by atoms with Crippen molar-refractivity contribution in [2.45, 2.75) is 26.6 Å². The number of ether oxygens (including phenoxy) is 2. The summed E-state index contributed by atoms with van der Waals surface area (Å²) in [7, 11) is 0. The van der Waals surface area contributed by atoms with Gasteiger partial charge in [-0.05, 0) is 11.5 Å². The molecule has 0 fully saturated rings. The third-order valence-electron chi connectivity index (χ3n) is 2.57. The normalized spacial score (nSPS) is 12.6. The molecule has 2 heteroatoms. The van der Waals surface area contributed by atoms with Gasteiger partial charge in [0.15, 0.2) is 0 Å². The molecular weight excluding hydrogens is 212 g/mol. The first-order valence-corrected chi connectivity index (χ1v) is 6.08. The highest BCUT2D eigenvalue weighted by atomic mass is 16.5. The largest absolute Gasteiger partial charge is 0.375 e. The lowest BCUT2D eigenvalue weighted by Gasteiger charge is -2.21. The zero-order chi connectivity index (χ0) is 12.5. The molecule has 0 saturated heterocycles. The summed E-state index contributed by atoms with van der Waals surface area (Å²) in [5.41, 5.74) is 1.20. The van der Waals surface area contributed by atoms with Gasteiger partial charge in [-0.3, -0.25) is 0 Å². The van der Waals surface area contributed by atoms with Gasteiger partial charge in [-0.1, -0.05) is 50.3 Å². The van der Waals surface area contributed by atoms with Crippen LogP contribution in [0.25, 0.3) is 0 Å². The van der Waals surface area contributed by atoms with Gasteiger partial charge in [0.2, 0.25) is 0 Å². The summed E-state index contributed by atoms with van der Waals surface area (Å²) in [6.07, 6.45) is 1.89. The fraction of sp³-hybridized carbons (Fsp3) is 0.467. The summed E-state index contributed by atoms with van der Waals surface area (Å²) in [4.78, 5) is 0. The summed E-state index contributed by atoms with van der Waals surface area (Å²) in [6, 6.07) is 10.2. The Bertz CT molecular complexity index is 306. The minimum absolute atomic E-state index is 0.134. The van der Waals surface area contributed by atoms with Crippen LogP contribution in [-0.4, -0.2) is 19.3 Å². The first-order chi connectivity index (χ1) is 8.24. The second-order valence-electron chi connectivity index (χ2n) is 4.41. The zero-order valence-corrected chi connectivity index (χ0v) is 10.8. The summed E-state index contributed by atoms with van der Waals surface area (Å²) in [6.45, 7) is 9.76. The minimum atomic E-state index is 0.134. The Morgan fingerprint density at radius 3 is 2.53 bits per heavy atom. The van der Waals surface area contributed by atoms with Gasteiger partial charge in [0.25, 0.3) is 0 Å². The Morgan fingerprint density at radius 2 is 1.94 bits per heavy atom. The van der Waals surface area contributed by atoms with Crippen molar-refractivity contribution in [2.24, 2.45) is 5.92 Å². The van der Waals surface area contributed by atoms with Crippen molar-refractivity contribution in [3.63, 3.8) is 0 Å². The molecule has 0 bridgehead atoms. The molecule has 0 saturated carbocycles. The van der Waals surface area contributed by atoms with Gasteiger partial charge in [0.1, 0.15) is 0 Å². The molecule has 0 spiro atoms. The molecule has 0 N–H and O–H groups in total. The minimum Gasteiger partial charge on any atom is -0.375 e. The first-order valence-electron chi connectivity index (χ1n) is 6.08. The standard InChI is InChI=1S/C15H22O2/c1-4-10-16-12-15(13(2)3)17-11-14-8-6-5-7-9-14/h4-9,13,15H,1,10-12H2,2-3H3/t15-/m1/s1. The van der Waals surface area contributed by atoms with E-state index in [-0.39, 0.29) is 6.10 Å². The summed E-state index contributed by atoms with van der Waals surface area (Å²) < 4.78 is 11.3. The molecule has 2 nitrogen and oxygen atoms in total. The number of hydrogen-bond acceptors (Lipinski definition) is 2. The SMILES string of the molecule is C=CCOC[C@@H](OCc1ccccc1)C(C)C. The van der Waals surface area contributed by atoms with Gasteiger partial charge in [-0.15, -0.1) is 6.58 Å². The monoisotopic (exact) mass is 234 g/mol. The van der Waals surface area contributed by atoms with Gasteiger partial charge >= 0.3 is 0 Å². The van der Waals surface area contributed by atoms with E-state index in [4.69, 9.17) is 9.47 Å². The molecule has 0 radical (unpaired) electrons. The highest BCUT2D eigenvalue weighted by molar-refractivity contribution is 5.13. The van der Waals surface area contributed by atoms with Crippen molar-refractivity contribution < 1.29 is 9.47 Å². The molecule has 0 aliphatic rings. The summed E-state index contributed by atoms with van der Waals surface area (Å²) >= 11 is 0. The quantitative estimate of drug-likeness (QED) is 0.507. The Labute approximate surface area is 104 Å². The van der Waals surface area contributed by atoms with Gasteiger partial charge in [0, 0.05) is 0 Å². The molecule has 1 aromatic rings. The maximum absolute atomic E-state index is 5.88. The fourth-order valence-electron chi connectivity index (χ4n) is 1.48. The third kappa shape index (κ3) is 5.66. The van der Waals surface area contributed by atoms with Crippen LogP contribution in [0.5, 0.6) is 0 Å². The lowest BCUT2D eigenvalue weighted by molar-refractivity contribution is -0.0421. The topological polar surface area (TPSA) is 18.5 Å². The van der Waals surface area contributed by atoms with Crippen LogP contribution >= 0.6 is 0 Å². The van der Waals surface area contributed by atoms with Gasteiger partial charge in [0.05, 0.1) is 25.9 Å². The predicted octanol–water partition coefficient (Wildman–Crippen LogP) is 3.43. The van der Waals surface area contributed by atoms with Crippen LogP contribution in [0, 0.1) is 5.92 Å². The van der Waals surface area contributed by atoms with E-state index in [0.29, 0.717) is 25.7 Å². The summed E-state index contributed by atoms with van der Waals surface area (Å²) in [5, 5.41) is 0. The van der Waals surface area contributed by atoms with Crippen molar-refractivity contribution in [1.29, 1.82) is 0 Å². The fourth-order valence-corrected chi connectivity index (χ4v) is 1.48. The van der Waals surface area contributed by atoms with Crippen LogP contribution in [0.4, 0.5) is 0 Å². The molecule has 0 aliphatic heterocycles. The van der Waals surface area contributed by atoms with E-state index in [0.717, 1.165) is 0 Å². The molecule has 1 atom stereocenters. The second kappa shape index (κ2) is 8.04. The molecular formula is C15H22O2. The van der Waals surface area contributed by atoms with E-state index in [1.807, 2.05) is 18.2 Å². The smallest absolute Gasteiger partial charge is 0.0836 e.